The number of carbonyl (C=O) groups is 1. The molecule has 3 rings (SSSR count). The fourth-order valence-electron chi connectivity index (χ4n) is 3.51. The number of hydrogen-bond acceptors (Lipinski definition) is 3. The highest BCUT2D eigenvalue weighted by molar-refractivity contribution is 7.89. The molecule has 0 unspecified atom stereocenters. The highest BCUT2D eigenvalue weighted by atomic mass is 32.2. The summed E-state index contributed by atoms with van der Waals surface area (Å²) in [6.07, 6.45) is 3.71. The van der Waals surface area contributed by atoms with E-state index in [0.29, 0.717) is 24.3 Å². The SMILES string of the molecule is Cc1[nH]c(C(=O)Nc2ccccc2F)c(C)c1S(=O)(=O)N1CCCCCC1. The van der Waals surface area contributed by atoms with Crippen LogP contribution in [0.25, 0.3) is 0 Å². The maximum Gasteiger partial charge on any atom is 0.272 e. The summed E-state index contributed by atoms with van der Waals surface area (Å²) >= 11 is 0. The predicted molar refractivity (Wildman–Crippen MR) is 102 cm³/mol. The highest BCUT2D eigenvalue weighted by Gasteiger charge is 2.32. The van der Waals surface area contributed by atoms with Crippen molar-refractivity contribution >= 4 is 21.6 Å². The van der Waals surface area contributed by atoms with E-state index in [2.05, 4.69) is 10.3 Å². The Morgan fingerprint density at radius 2 is 1.74 bits per heavy atom. The van der Waals surface area contributed by atoms with Gasteiger partial charge in [0.15, 0.2) is 0 Å². The van der Waals surface area contributed by atoms with E-state index in [9.17, 15) is 17.6 Å². The first-order valence-corrected chi connectivity index (χ1v) is 10.5. The Morgan fingerprint density at radius 3 is 2.37 bits per heavy atom. The van der Waals surface area contributed by atoms with Gasteiger partial charge in [-0.15, -0.1) is 0 Å². The monoisotopic (exact) mass is 393 g/mol. The minimum Gasteiger partial charge on any atom is -0.353 e. The standard InChI is InChI=1S/C19H24FN3O3S/c1-13-17(19(24)22-16-10-6-5-9-15(16)20)21-14(2)18(13)27(25,26)23-11-7-3-4-8-12-23/h5-6,9-10,21H,3-4,7-8,11-12H2,1-2H3,(H,22,24). The van der Waals surface area contributed by atoms with Crippen molar-refractivity contribution in [3.8, 4) is 0 Å². The molecule has 0 spiro atoms. The number of H-pyrrole nitrogens is 1. The molecule has 2 aromatic rings. The molecule has 0 atom stereocenters. The van der Waals surface area contributed by atoms with E-state index in [-0.39, 0.29) is 16.3 Å². The van der Waals surface area contributed by atoms with Crippen molar-refractivity contribution in [2.75, 3.05) is 18.4 Å². The Labute approximate surface area is 158 Å². The molecule has 0 aliphatic carbocycles. The molecule has 2 N–H and O–H groups in total. The third kappa shape index (κ3) is 3.91. The molecule has 27 heavy (non-hydrogen) atoms. The van der Waals surface area contributed by atoms with Crippen LogP contribution >= 0.6 is 0 Å². The van der Waals surface area contributed by atoms with E-state index < -0.39 is 21.7 Å². The van der Waals surface area contributed by atoms with Crippen LogP contribution in [0.3, 0.4) is 0 Å². The van der Waals surface area contributed by atoms with E-state index in [1.54, 1.807) is 19.9 Å². The molecule has 146 valence electrons. The van der Waals surface area contributed by atoms with Crippen LogP contribution in [0.4, 0.5) is 10.1 Å². The molecule has 1 fully saturated rings. The largest absolute Gasteiger partial charge is 0.353 e. The summed E-state index contributed by atoms with van der Waals surface area (Å²) in [4.78, 5) is 15.6. The molecule has 1 amide bonds. The second kappa shape index (κ2) is 7.82. The zero-order valence-electron chi connectivity index (χ0n) is 15.5. The second-order valence-electron chi connectivity index (χ2n) is 6.83. The van der Waals surface area contributed by atoms with Gasteiger partial charge in [0.05, 0.1) is 5.69 Å². The number of benzene rings is 1. The average Bonchev–Trinajstić information content (AvgIpc) is 2.80. The molecule has 0 radical (unpaired) electrons. The lowest BCUT2D eigenvalue weighted by molar-refractivity contribution is 0.102. The highest BCUT2D eigenvalue weighted by Crippen LogP contribution is 2.28. The number of nitrogens with zero attached hydrogens (tertiary/aromatic N) is 1. The molecule has 8 heteroatoms. The molecule has 0 bridgehead atoms. The lowest BCUT2D eigenvalue weighted by Crippen LogP contribution is -2.32. The van der Waals surface area contributed by atoms with Crippen molar-refractivity contribution in [3.63, 3.8) is 0 Å². The fraction of sp³-hybridized carbons (Fsp3) is 0.421. The van der Waals surface area contributed by atoms with Gasteiger partial charge >= 0.3 is 0 Å². The second-order valence-corrected chi connectivity index (χ2v) is 8.71. The van der Waals surface area contributed by atoms with E-state index >= 15 is 0 Å². The van der Waals surface area contributed by atoms with E-state index in [0.717, 1.165) is 25.7 Å². The summed E-state index contributed by atoms with van der Waals surface area (Å²) in [7, 11) is -3.69. The molecule has 1 aromatic heterocycles. The van der Waals surface area contributed by atoms with Crippen molar-refractivity contribution in [2.45, 2.75) is 44.4 Å². The lowest BCUT2D eigenvalue weighted by atomic mass is 10.2. The minimum atomic E-state index is -3.69. The van der Waals surface area contributed by atoms with Crippen molar-refractivity contribution < 1.29 is 17.6 Å². The number of carbonyl (C=O) groups excluding carboxylic acids is 1. The molecule has 1 aliphatic heterocycles. The first-order chi connectivity index (χ1) is 12.8. The summed E-state index contributed by atoms with van der Waals surface area (Å²) in [6.45, 7) is 4.22. The first kappa shape index (κ1) is 19.6. The van der Waals surface area contributed by atoms with Gasteiger partial charge in [0, 0.05) is 18.8 Å². The Bertz CT molecular complexity index is 945. The number of rotatable bonds is 4. The number of para-hydroxylation sites is 1. The summed E-state index contributed by atoms with van der Waals surface area (Å²) in [5.41, 5.74) is 0.941. The van der Waals surface area contributed by atoms with Crippen LogP contribution in [0.5, 0.6) is 0 Å². The average molecular weight is 393 g/mol. The van der Waals surface area contributed by atoms with Crippen LogP contribution in [0, 0.1) is 19.7 Å². The third-order valence-corrected chi connectivity index (χ3v) is 7.05. The smallest absolute Gasteiger partial charge is 0.272 e. The third-order valence-electron chi connectivity index (χ3n) is 4.88. The predicted octanol–water partition coefficient (Wildman–Crippen LogP) is 3.59. The lowest BCUT2D eigenvalue weighted by Gasteiger charge is -2.20. The molecule has 0 saturated carbocycles. The molecular weight excluding hydrogens is 369 g/mol. The number of aryl methyl sites for hydroxylation is 1. The number of aromatic amines is 1. The maximum atomic E-state index is 13.8. The number of amides is 1. The van der Waals surface area contributed by atoms with Gasteiger partial charge in [0.2, 0.25) is 10.0 Å². The van der Waals surface area contributed by atoms with Crippen LogP contribution in [0.1, 0.15) is 47.4 Å². The van der Waals surface area contributed by atoms with Gasteiger partial charge < -0.3 is 10.3 Å². The summed E-state index contributed by atoms with van der Waals surface area (Å²) < 4.78 is 41.6. The van der Waals surface area contributed by atoms with Gasteiger partial charge in [0.25, 0.3) is 5.91 Å². The van der Waals surface area contributed by atoms with Gasteiger partial charge in [0.1, 0.15) is 16.4 Å². The van der Waals surface area contributed by atoms with Gasteiger partial charge in [-0.3, -0.25) is 4.79 Å². The Kier molecular flexibility index (Phi) is 5.67. The number of sulfonamides is 1. The van der Waals surface area contributed by atoms with E-state index in [4.69, 9.17) is 0 Å². The molecule has 2 heterocycles. The van der Waals surface area contributed by atoms with Gasteiger partial charge in [-0.1, -0.05) is 25.0 Å². The topological polar surface area (TPSA) is 82.3 Å². The van der Waals surface area contributed by atoms with Crippen molar-refractivity contribution in [2.24, 2.45) is 0 Å². The fourth-order valence-corrected chi connectivity index (χ4v) is 5.43. The van der Waals surface area contributed by atoms with E-state index in [1.807, 2.05) is 0 Å². The quantitative estimate of drug-likeness (QED) is 0.833. The van der Waals surface area contributed by atoms with Crippen LogP contribution in [0.2, 0.25) is 0 Å². The summed E-state index contributed by atoms with van der Waals surface area (Å²) in [5, 5.41) is 2.50. The molecule has 1 saturated heterocycles. The normalized spacial score (nSPS) is 16.1. The van der Waals surface area contributed by atoms with Crippen molar-refractivity contribution in [1.82, 2.24) is 9.29 Å². The summed E-state index contributed by atoms with van der Waals surface area (Å²) in [6, 6.07) is 5.84. The number of nitrogens with one attached hydrogen (secondary N) is 2. The van der Waals surface area contributed by atoms with Crippen molar-refractivity contribution in [3.05, 3.63) is 47.0 Å². The van der Waals surface area contributed by atoms with Crippen LogP contribution in [-0.4, -0.2) is 36.7 Å². The van der Waals surface area contributed by atoms with Gasteiger partial charge in [-0.2, -0.15) is 4.31 Å². The van der Waals surface area contributed by atoms with Gasteiger partial charge in [-0.25, -0.2) is 12.8 Å². The number of halogens is 1. The Balaban J connectivity index is 1.92. The molecule has 1 aromatic carbocycles. The zero-order chi connectivity index (χ0) is 19.6. The number of anilines is 1. The van der Waals surface area contributed by atoms with Gasteiger partial charge in [-0.05, 0) is 44.4 Å². The Hall–Kier alpha value is -2.19. The number of hydrogen-bond donors (Lipinski definition) is 2. The first-order valence-electron chi connectivity index (χ1n) is 9.07. The van der Waals surface area contributed by atoms with Crippen LogP contribution in [-0.2, 0) is 10.0 Å². The zero-order valence-corrected chi connectivity index (χ0v) is 16.3. The van der Waals surface area contributed by atoms with Crippen molar-refractivity contribution in [1.29, 1.82) is 0 Å². The van der Waals surface area contributed by atoms with Crippen LogP contribution < -0.4 is 5.32 Å². The Morgan fingerprint density at radius 1 is 1.11 bits per heavy atom. The number of aromatic nitrogens is 1. The molecule has 1 aliphatic rings. The minimum absolute atomic E-state index is 0.0473. The molecular formula is C19H24FN3O3S. The van der Waals surface area contributed by atoms with Crippen LogP contribution in [0.15, 0.2) is 29.2 Å². The summed E-state index contributed by atoms with van der Waals surface area (Å²) in [5.74, 6) is -1.12. The maximum absolute atomic E-state index is 13.8. The molecule has 6 nitrogen and oxygen atoms in total. The van der Waals surface area contributed by atoms with E-state index in [1.165, 1.54) is 22.5 Å².